The number of aryl methyl sites for hydroxylation is 1. The van der Waals surface area contributed by atoms with Crippen LogP contribution in [0, 0.1) is 10.1 Å². The number of nitro groups is 1. The number of pyridine rings is 1. The fourth-order valence-corrected chi connectivity index (χ4v) is 2.25. The lowest BCUT2D eigenvalue weighted by Crippen LogP contribution is -2.22. The molecule has 0 aliphatic rings. The van der Waals surface area contributed by atoms with Crippen molar-refractivity contribution in [3.05, 3.63) is 50.3 Å². The van der Waals surface area contributed by atoms with Crippen LogP contribution in [0.1, 0.15) is 20.8 Å². The minimum Gasteiger partial charge on any atom is -0.485 e. The number of hydrogen-bond donors (Lipinski definition) is 0. The third-order valence-corrected chi connectivity index (χ3v) is 3.47. The Morgan fingerprint density at radius 3 is 2.52 bits per heavy atom. The molecule has 0 radical (unpaired) electrons. The molecule has 0 amide bonds. The molecule has 132 valence electrons. The maximum Gasteiger partial charge on any atom is 0.308 e. The summed E-state index contributed by atoms with van der Waals surface area (Å²) in [6, 6.07) is 4.05. The SMILES string of the molecule is CC(=O)Oc1c(OCC=C(C)C)c2ccc([N+](=O)[O-])cc2n(C)c1=O. The number of ether oxygens (including phenoxy) is 2. The number of rotatable bonds is 5. The largest absolute Gasteiger partial charge is 0.485 e. The first-order chi connectivity index (χ1) is 11.7. The zero-order chi connectivity index (χ0) is 18.7. The quantitative estimate of drug-likeness (QED) is 0.357. The third-order valence-electron chi connectivity index (χ3n) is 3.47. The highest BCUT2D eigenvalue weighted by atomic mass is 16.6. The highest BCUT2D eigenvalue weighted by Crippen LogP contribution is 2.34. The number of benzene rings is 1. The number of carbonyl (C=O) groups is 1. The van der Waals surface area contributed by atoms with Crippen LogP contribution in [0.25, 0.3) is 10.9 Å². The molecule has 0 aliphatic carbocycles. The van der Waals surface area contributed by atoms with E-state index in [0.29, 0.717) is 10.9 Å². The van der Waals surface area contributed by atoms with E-state index in [4.69, 9.17) is 9.47 Å². The molecule has 0 atom stereocenters. The zero-order valence-electron chi connectivity index (χ0n) is 14.4. The molecule has 2 aromatic rings. The number of esters is 1. The second kappa shape index (κ2) is 7.16. The van der Waals surface area contributed by atoms with Gasteiger partial charge in [-0.2, -0.15) is 0 Å². The maximum atomic E-state index is 12.5. The fraction of sp³-hybridized carbons (Fsp3) is 0.294. The summed E-state index contributed by atoms with van der Waals surface area (Å²) in [6.45, 7) is 5.12. The molecule has 0 fully saturated rings. The van der Waals surface area contributed by atoms with E-state index >= 15 is 0 Å². The van der Waals surface area contributed by atoms with Crippen molar-refractivity contribution in [2.24, 2.45) is 7.05 Å². The predicted octanol–water partition coefficient (Wildman–Crippen LogP) is 2.72. The molecule has 1 aromatic heterocycles. The Balaban J connectivity index is 2.75. The second-order valence-electron chi connectivity index (χ2n) is 5.67. The highest BCUT2D eigenvalue weighted by Gasteiger charge is 2.21. The molecule has 0 aliphatic heterocycles. The highest BCUT2D eigenvalue weighted by molar-refractivity contribution is 5.90. The molecule has 1 heterocycles. The number of allylic oxidation sites excluding steroid dienone is 1. The van der Waals surface area contributed by atoms with E-state index in [1.54, 1.807) is 6.08 Å². The van der Waals surface area contributed by atoms with E-state index in [-0.39, 0.29) is 23.8 Å². The molecular formula is C17H18N2O6. The second-order valence-corrected chi connectivity index (χ2v) is 5.67. The summed E-state index contributed by atoms with van der Waals surface area (Å²) in [5.74, 6) is -0.815. The molecule has 25 heavy (non-hydrogen) atoms. The van der Waals surface area contributed by atoms with Crippen molar-refractivity contribution in [1.29, 1.82) is 0 Å². The van der Waals surface area contributed by atoms with Gasteiger partial charge in [-0.25, -0.2) is 0 Å². The smallest absolute Gasteiger partial charge is 0.308 e. The van der Waals surface area contributed by atoms with Crippen LogP contribution in [0.15, 0.2) is 34.6 Å². The summed E-state index contributed by atoms with van der Waals surface area (Å²) in [7, 11) is 1.45. The van der Waals surface area contributed by atoms with E-state index < -0.39 is 16.5 Å². The summed E-state index contributed by atoms with van der Waals surface area (Å²) < 4.78 is 11.9. The average Bonchev–Trinajstić information content (AvgIpc) is 2.53. The van der Waals surface area contributed by atoms with Crippen LogP contribution in [0.5, 0.6) is 11.5 Å². The van der Waals surface area contributed by atoms with Gasteiger partial charge in [0.15, 0.2) is 5.75 Å². The summed E-state index contributed by atoms with van der Waals surface area (Å²) in [5, 5.41) is 11.4. The van der Waals surface area contributed by atoms with Crippen molar-refractivity contribution in [2.75, 3.05) is 6.61 Å². The molecule has 8 nitrogen and oxygen atoms in total. The number of hydrogen-bond acceptors (Lipinski definition) is 6. The van der Waals surface area contributed by atoms with Gasteiger partial charge in [0.05, 0.1) is 10.4 Å². The van der Waals surface area contributed by atoms with Crippen LogP contribution >= 0.6 is 0 Å². The molecule has 0 unspecified atom stereocenters. The molecule has 1 aromatic carbocycles. The zero-order valence-corrected chi connectivity index (χ0v) is 14.4. The molecule has 2 rings (SSSR count). The van der Waals surface area contributed by atoms with Crippen molar-refractivity contribution < 1.29 is 19.2 Å². The number of nitrogens with zero attached hydrogens (tertiary/aromatic N) is 2. The standard InChI is InChI=1S/C17H18N2O6/c1-10(2)7-8-24-15-13-6-5-12(19(22)23)9-14(13)18(4)17(21)16(15)25-11(3)20/h5-7,9H,8H2,1-4H3. The van der Waals surface area contributed by atoms with Crippen molar-refractivity contribution in [3.8, 4) is 11.5 Å². The molecule has 0 saturated heterocycles. The molecule has 0 N–H and O–H groups in total. The topological polar surface area (TPSA) is 101 Å². The van der Waals surface area contributed by atoms with E-state index in [2.05, 4.69) is 0 Å². The van der Waals surface area contributed by atoms with Crippen LogP contribution in [-0.2, 0) is 11.8 Å². The molecule has 8 heteroatoms. The van der Waals surface area contributed by atoms with E-state index in [0.717, 1.165) is 5.57 Å². The summed E-state index contributed by atoms with van der Waals surface area (Å²) >= 11 is 0. The number of non-ortho nitro benzene ring substituents is 1. The first-order valence-corrected chi connectivity index (χ1v) is 7.48. The molecule has 0 saturated carbocycles. The monoisotopic (exact) mass is 346 g/mol. The Bertz CT molecular complexity index is 938. The number of fused-ring (bicyclic) bond motifs is 1. The fourth-order valence-electron chi connectivity index (χ4n) is 2.25. The van der Waals surface area contributed by atoms with E-state index in [1.165, 1.54) is 36.7 Å². The van der Waals surface area contributed by atoms with Crippen molar-refractivity contribution in [2.45, 2.75) is 20.8 Å². The van der Waals surface area contributed by atoms with Gasteiger partial charge in [0, 0.05) is 31.5 Å². The Hall–Kier alpha value is -3.16. The first kappa shape index (κ1) is 18.2. The van der Waals surface area contributed by atoms with Crippen molar-refractivity contribution >= 4 is 22.6 Å². The van der Waals surface area contributed by atoms with Gasteiger partial charge in [0.1, 0.15) is 6.61 Å². The summed E-state index contributed by atoms with van der Waals surface area (Å²) in [4.78, 5) is 34.3. The Morgan fingerprint density at radius 1 is 1.28 bits per heavy atom. The third kappa shape index (κ3) is 3.85. The number of aromatic nitrogens is 1. The molecular weight excluding hydrogens is 328 g/mol. The van der Waals surface area contributed by atoms with Gasteiger partial charge in [-0.3, -0.25) is 19.7 Å². The van der Waals surface area contributed by atoms with Gasteiger partial charge in [-0.15, -0.1) is 0 Å². The van der Waals surface area contributed by atoms with Gasteiger partial charge in [-0.05, 0) is 26.0 Å². The normalized spacial score (nSPS) is 10.4. The van der Waals surface area contributed by atoms with Crippen molar-refractivity contribution in [1.82, 2.24) is 4.57 Å². The van der Waals surface area contributed by atoms with E-state index in [1.807, 2.05) is 13.8 Å². The van der Waals surface area contributed by atoms with Gasteiger partial charge in [0.25, 0.3) is 11.2 Å². The minimum absolute atomic E-state index is 0.0840. The molecule has 0 bridgehead atoms. The molecule has 0 spiro atoms. The van der Waals surface area contributed by atoms with Crippen LogP contribution in [0.3, 0.4) is 0 Å². The first-order valence-electron chi connectivity index (χ1n) is 7.48. The van der Waals surface area contributed by atoms with Crippen LogP contribution in [-0.4, -0.2) is 22.1 Å². The van der Waals surface area contributed by atoms with Gasteiger partial charge < -0.3 is 14.0 Å². The lowest BCUT2D eigenvalue weighted by Gasteiger charge is -2.15. The van der Waals surface area contributed by atoms with Crippen LogP contribution in [0.2, 0.25) is 0 Å². The van der Waals surface area contributed by atoms with E-state index in [9.17, 15) is 19.7 Å². The average molecular weight is 346 g/mol. The lowest BCUT2D eigenvalue weighted by atomic mass is 10.1. The van der Waals surface area contributed by atoms with Gasteiger partial charge in [0.2, 0.25) is 5.75 Å². The Morgan fingerprint density at radius 2 is 1.96 bits per heavy atom. The maximum absolute atomic E-state index is 12.5. The number of carbonyl (C=O) groups excluding carboxylic acids is 1. The van der Waals surface area contributed by atoms with Crippen LogP contribution in [0.4, 0.5) is 5.69 Å². The van der Waals surface area contributed by atoms with Gasteiger partial charge >= 0.3 is 5.97 Å². The Kier molecular flexibility index (Phi) is 5.21. The number of nitro benzene ring substituents is 1. The van der Waals surface area contributed by atoms with Crippen molar-refractivity contribution in [3.63, 3.8) is 0 Å². The summed E-state index contributed by atoms with van der Waals surface area (Å²) in [5.41, 5.74) is 0.550. The minimum atomic E-state index is -0.662. The Labute approximate surface area is 143 Å². The van der Waals surface area contributed by atoms with Crippen LogP contribution < -0.4 is 15.0 Å². The summed E-state index contributed by atoms with van der Waals surface area (Å²) in [6.07, 6.45) is 1.80. The van der Waals surface area contributed by atoms with Gasteiger partial charge in [-0.1, -0.05) is 5.57 Å². The lowest BCUT2D eigenvalue weighted by molar-refractivity contribution is -0.384. The predicted molar refractivity (Wildman–Crippen MR) is 92.1 cm³/mol.